The minimum Gasteiger partial charge on any atom is -0.478 e. The Balaban J connectivity index is 2.09. The standard InChI is InChI=1S/C12H15NO2S/c1-16-5-4-13-7-10-3-2-9(12(14)15)6-11(10)8-13/h2-3,6H,4-5,7-8H2,1H3,(H,14,15). The van der Waals surface area contributed by atoms with Gasteiger partial charge in [0, 0.05) is 25.4 Å². The first kappa shape index (κ1) is 11.5. The molecule has 1 aliphatic rings. The van der Waals surface area contributed by atoms with Crippen LogP contribution in [0.5, 0.6) is 0 Å². The third kappa shape index (κ3) is 2.39. The molecule has 0 radical (unpaired) electrons. The van der Waals surface area contributed by atoms with Crippen LogP contribution >= 0.6 is 11.8 Å². The van der Waals surface area contributed by atoms with Gasteiger partial charge in [-0.2, -0.15) is 11.8 Å². The molecule has 0 atom stereocenters. The zero-order valence-corrected chi connectivity index (χ0v) is 10.1. The highest BCUT2D eigenvalue weighted by atomic mass is 32.2. The van der Waals surface area contributed by atoms with Crippen LogP contribution in [0.1, 0.15) is 21.5 Å². The predicted octanol–water partition coefficient (Wildman–Crippen LogP) is 2.06. The second-order valence-electron chi connectivity index (χ2n) is 3.99. The van der Waals surface area contributed by atoms with Crippen LogP contribution in [0.3, 0.4) is 0 Å². The van der Waals surface area contributed by atoms with Crippen molar-refractivity contribution in [3.63, 3.8) is 0 Å². The average Bonchev–Trinajstić information content (AvgIpc) is 2.67. The minimum atomic E-state index is -0.842. The fourth-order valence-electron chi connectivity index (χ4n) is 1.98. The molecule has 0 amide bonds. The maximum atomic E-state index is 10.8. The van der Waals surface area contributed by atoms with E-state index >= 15 is 0 Å². The topological polar surface area (TPSA) is 40.5 Å². The Morgan fingerprint density at radius 1 is 1.44 bits per heavy atom. The number of thioether (sulfide) groups is 1. The summed E-state index contributed by atoms with van der Waals surface area (Å²) in [6.45, 7) is 2.91. The van der Waals surface area contributed by atoms with E-state index in [-0.39, 0.29) is 0 Å². The van der Waals surface area contributed by atoms with Crippen molar-refractivity contribution in [3.05, 3.63) is 34.9 Å². The van der Waals surface area contributed by atoms with Crippen LogP contribution in [0.2, 0.25) is 0 Å². The monoisotopic (exact) mass is 237 g/mol. The molecule has 0 aliphatic carbocycles. The normalized spacial score (nSPS) is 15.1. The van der Waals surface area contributed by atoms with Crippen molar-refractivity contribution < 1.29 is 9.90 Å². The molecule has 1 heterocycles. The Bertz CT molecular complexity index is 406. The van der Waals surface area contributed by atoms with E-state index in [0.29, 0.717) is 5.56 Å². The molecule has 1 aromatic carbocycles. The van der Waals surface area contributed by atoms with Gasteiger partial charge in [-0.15, -0.1) is 0 Å². The molecule has 0 saturated heterocycles. The number of nitrogens with zero attached hydrogens (tertiary/aromatic N) is 1. The van der Waals surface area contributed by atoms with E-state index in [4.69, 9.17) is 5.11 Å². The van der Waals surface area contributed by atoms with Gasteiger partial charge >= 0.3 is 5.97 Å². The molecule has 0 fully saturated rings. The summed E-state index contributed by atoms with van der Waals surface area (Å²) in [4.78, 5) is 13.2. The van der Waals surface area contributed by atoms with Crippen molar-refractivity contribution in [2.24, 2.45) is 0 Å². The van der Waals surface area contributed by atoms with E-state index in [1.165, 1.54) is 11.1 Å². The minimum absolute atomic E-state index is 0.394. The average molecular weight is 237 g/mol. The Morgan fingerprint density at radius 2 is 2.19 bits per heavy atom. The summed E-state index contributed by atoms with van der Waals surface area (Å²) in [5.41, 5.74) is 2.83. The quantitative estimate of drug-likeness (QED) is 0.870. The zero-order chi connectivity index (χ0) is 11.5. The van der Waals surface area contributed by atoms with Crippen LogP contribution in [0.25, 0.3) is 0 Å². The largest absolute Gasteiger partial charge is 0.478 e. The van der Waals surface area contributed by atoms with E-state index < -0.39 is 5.97 Å². The number of benzene rings is 1. The molecule has 4 heteroatoms. The Labute approximate surface area is 99.5 Å². The van der Waals surface area contributed by atoms with Gasteiger partial charge in [0.15, 0.2) is 0 Å². The third-order valence-corrected chi connectivity index (χ3v) is 3.44. The highest BCUT2D eigenvalue weighted by Gasteiger charge is 2.19. The third-order valence-electron chi connectivity index (χ3n) is 2.85. The lowest BCUT2D eigenvalue weighted by Crippen LogP contribution is -2.19. The molecule has 0 bridgehead atoms. The van der Waals surface area contributed by atoms with Crippen LogP contribution in [0.15, 0.2) is 18.2 Å². The van der Waals surface area contributed by atoms with Crippen LogP contribution < -0.4 is 0 Å². The van der Waals surface area contributed by atoms with Crippen molar-refractivity contribution in [1.82, 2.24) is 4.90 Å². The molecule has 1 N–H and O–H groups in total. The molecule has 2 rings (SSSR count). The molecule has 1 aliphatic heterocycles. The molecule has 3 nitrogen and oxygen atoms in total. The Hall–Kier alpha value is -1.00. The molecule has 86 valence electrons. The molecule has 0 aromatic heterocycles. The molecular formula is C12H15NO2S. The first-order chi connectivity index (χ1) is 7.70. The Kier molecular flexibility index (Phi) is 3.51. The summed E-state index contributed by atoms with van der Waals surface area (Å²) in [6, 6.07) is 5.44. The number of carboxylic acid groups (broad SMARTS) is 1. The van der Waals surface area contributed by atoms with Gasteiger partial charge in [0.25, 0.3) is 0 Å². The number of fused-ring (bicyclic) bond motifs is 1. The second-order valence-corrected chi connectivity index (χ2v) is 4.98. The van der Waals surface area contributed by atoms with Gasteiger partial charge in [0.2, 0.25) is 0 Å². The van der Waals surface area contributed by atoms with E-state index in [0.717, 1.165) is 25.4 Å². The number of carboxylic acids is 1. The van der Waals surface area contributed by atoms with E-state index in [1.54, 1.807) is 12.1 Å². The smallest absolute Gasteiger partial charge is 0.335 e. The summed E-state index contributed by atoms with van der Waals surface area (Å²) >= 11 is 1.84. The first-order valence-electron chi connectivity index (χ1n) is 5.27. The first-order valence-corrected chi connectivity index (χ1v) is 6.66. The van der Waals surface area contributed by atoms with Crippen LogP contribution in [0.4, 0.5) is 0 Å². The van der Waals surface area contributed by atoms with Crippen molar-refractivity contribution in [1.29, 1.82) is 0 Å². The van der Waals surface area contributed by atoms with Gasteiger partial charge < -0.3 is 5.11 Å². The summed E-state index contributed by atoms with van der Waals surface area (Å²) in [6.07, 6.45) is 2.10. The number of hydrogen-bond acceptors (Lipinski definition) is 3. The number of aromatic carboxylic acids is 1. The molecule has 0 unspecified atom stereocenters. The second kappa shape index (κ2) is 4.89. The highest BCUT2D eigenvalue weighted by molar-refractivity contribution is 7.98. The van der Waals surface area contributed by atoms with Gasteiger partial charge in [-0.3, -0.25) is 4.90 Å². The SMILES string of the molecule is CSCCN1Cc2ccc(C(=O)O)cc2C1. The fourth-order valence-corrected chi connectivity index (χ4v) is 2.42. The van der Waals surface area contributed by atoms with Gasteiger partial charge in [0.05, 0.1) is 5.56 Å². The van der Waals surface area contributed by atoms with Crippen LogP contribution in [-0.4, -0.2) is 34.5 Å². The molecule has 0 saturated carbocycles. The van der Waals surface area contributed by atoms with E-state index in [9.17, 15) is 4.79 Å². The predicted molar refractivity (Wildman–Crippen MR) is 65.9 cm³/mol. The van der Waals surface area contributed by atoms with Gasteiger partial charge in [0.1, 0.15) is 0 Å². The maximum absolute atomic E-state index is 10.8. The molecule has 1 aromatic rings. The summed E-state index contributed by atoms with van der Waals surface area (Å²) < 4.78 is 0. The molecule has 16 heavy (non-hydrogen) atoms. The van der Waals surface area contributed by atoms with Crippen molar-refractivity contribution in [2.45, 2.75) is 13.1 Å². The lowest BCUT2D eigenvalue weighted by atomic mass is 10.1. The van der Waals surface area contributed by atoms with Gasteiger partial charge in [-0.25, -0.2) is 4.79 Å². The lowest BCUT2D eigenvalue weighted by molar-refractivity contribution is 0.0697. The maximum Gasteiger partial charge on any atom is 0.335 e. The lowest BCUT2D eigenvalue weighted by Gasteiger charge is -2.12. The number of hydrogen-bond donors (Lipinski definition) is 1. The number of rotatable bonds is 4. The summed E-state index contributed by atoms with van der Waals surface area (Å²) in [5.74, 6) is 0.283. The zero-order valence-electron chi connectivity index (χ0n) is 9.27. The highest BCUT2D eigenvalue weighted by Crippen LogP contribution is 2.23. The van der Waals surface area contributed by atoms with E-state index in [1.807, 2.05) is 17.8 Å². The van der Waals surface area contributed by atoms with Gasteiger partial charge in [-0.1, -0.05) is 6.07 Å². The molecular weight excluding hydrogens is 222 g/mol. The van der Waals surface area contributed by atoms with E-state index in [2.05, 4.69) is 11.2 Å². The van der Waals surface area contributed by atoms with Crippen LogP contribution in [0, 0.1) is 0 Å². The Morgan fingerprint density at radius 3 is 2.88 bits per heavy atom. The van der Waals surface area contributed by atoms with Crippen molar-refractivity contribution >= 4 is 17.7 Å². The van der Waals surface area contributed by atoms with Crippen LogP contribution in [-0.2, 0) is 13.1 Å². The van der Waals surface area contributed by atoms with Crippen molar-refractivity contribution in [3.8, 4) is 0 Å². The number of carbonyl (C=O) groups is 1. The summed E-state index contributed by atoms with van der Waals surface area (Å²) in [7, 11) is 0. The summed E-state index contributed by atoms with van der Waals surface area (Å²) in [5, 5.41) is 8.91. The molecule has 0 spiro atoms. The van der Waals surface area contributed by atoms with Gasteiger partial charge in [-0.05, 0) is 29.5 Å². The fraction of sp³-hybridized carbons (Fsp3) is 0.417. The van der Waals surface area contributed by atoms with Crippen molar-refractivity contribution in [2.75, 3.05) is 18.6 Å².